The fourth-order valence-electron chi connectivity index (χ4n) is 1.92. The van der Waals surface area contributed by atoms with Gasteiger partial charge in [-0.15, -0.1) is 0 Å². The summed E-state index contributed by atoms with van der Waals surface area (Å²) in [5, 5.41) is 0.0218. The van der Waals surface area contributed by atoms with Crippen molar-refractivity contribution in [1.82, 2.24) is 24.5 Å². The molecule has 0 atom stereocenters. The third-order valence-corrected chi connectivity index (χ3v) is 3.06. The molecule has 0 fully saturated rings. The van der Waals surface area contributed by atoms with E-state index in [0.29, 0.717) is 22.5 Å². The number of anilines is 1. The number of imidazole rings is 1. The van der Waals surface area contributed by atoms with Crippen molar-refractivity contribution in [2.45, 2.75) is 6.54 Å². The van der Waals surface area contributed by atoms with Crippen molar-refractivity contribution in [3.63, 3.8) is 0 Å². The van der Waals surface area contributed by atoms with Gasteiger partial charge >= 0.3 is 0 Å². The number of aromatic nitrogens is 5. The number of pyridine rings is 1. The lowest BCUT2D eigenvalue weighted by molar-refractivity contribution is 0.0973. The van der Waals surface area contributed by atoms with Gasteiger partial charge in [0.2, 0.25) is 5.28 Å². The van der Waals surface area contributed by atoms with Crippen LogP contribution < -0.4 is 11.3 Å². The molecule has 3 rings (SSSR count). The number of nitrogens with two attached hydrogens (primary N) is 1. The number of nitrogen functional groups attached to an aromatic ring is 1. The Hall–Kier alpha value is -2.58. The molecule has 0 saturated carbocycles. The van der Waals surface area contributed by atoms with E-state index in [4.69, 9.17) is 17.4 Å². The van der Waals surface area contributed by atoms with Crippen molar-refractivity contribution in [2.75, 3.05) is 5.43 Å². The maximum Gasteiger partial charge on any atom is 0.226 e. The lowest BCUT2D eigenvalue weighted by Gasteiger charge is -2.04. The number of ketones is 1. The fourth-order valence-corrected chi connectivity index (χ4v) is 2.08. The monoisotopic (exact) mass is 303 g/mol. The lowest BCUT2D eigenvalue weighted by atomic mass is 10.2. The molecular formula is C12H10ClN7O. The number of Topliss-reactive ketones (excluding diaryl/α,β-unsaturated/α-hetero) is 1. The summed E-state index contributed by atoms with van der Waals surface area (Å²) in [4.78, 5) is 28.2. The van der Waals surface area contributed by atoms with E-state index in [1.807, 2.05) is 0 Å². The summed E-state index contributed by atoms with van der Waals surface area (Å²) < 4.78 is 1.59. The summed E-state index contributed by atoms with van der Waals surface area (Å²) in [5.74, 6) is 5.58. The van der Waals surface area contributed by atoms with Crippen molar-refractivity contribution < 1.29 is 4.79 Å². The number of carbonyl (C=O) groups excluding carboxylic acids is 1. The van der Waals surface area contributed by atoms with Gasteiger partial charge in [0.25, 0.3) is 0 Å². The zero-order valence-electron chi connectivity index (χ0n) is 10.7. The number of hydrogen-bond acceptors (Lipinski definition) is 7. The van der Waals surface area contributed by atoms with Crippen LogP contribution in [0.3, 0.4) is 0 Å². The zero-order valence-corrected chi connectivity index (χ0v) is 11.4. The number of rotatable bonds is 4. The summed E-state index contributed by atoms with van der Waals surface area (Å²) in [7, 11) is 0. The highest BCUT2D eigenvalue weighted by Gasteiger charge is 2.14. The lowest BCUT2D eigenvalue weighted by Crippen LogP contribution is -2.12. The number of halogens is 1. The molecule has 106 valence electrons. The first-order valence-electron chi connectivity index (χ1n) is 5.97. The molecule has 3 N–H and O–H groups in total. The van der Waals surface area contributed by atoms with Crippen LogP contribution in [0.25, 0.3) is 11.2 Å². The van der Waals surface area contributed by atoms with Crippen LogP contribution in [-0.2, 0) is 6.54 Å². The van der Waals surface area contributed by atoms with Gasteiger partial charge < -0.3 is 9.99 Å². The van der Waals surface area contributed by atoms with Crippen molar-refractivity contribution in [2.24, 2.45) is 5.84 Å². The second kappa shape index (κ2) is 5.43. The molecule has 0 aromatic carbocycles. The second-order valence-electron chi connectivity index (χ2n) is 4.19. The van der Waals surface area contributed by atoms with E-state index in [9.17, 15) is 4.79 Å². The second-order valence-corrected chi connectivity index (χ2v) is 4.53. The van der Waals surface area contributed by atoms with Crippen LogP contribution >= 0.6 is 11.6 Å². The molecule has 0 aliphatic rings. The summed E-state index contributed by atoms with van der Waals surface area (Å²) in [5.41, 5.74) is 3.85. The van der Waals surface area contributed by atoms with Gasteiger partial charge in [-0.25, -0.2) is 10.8 Å². The predicted molar refractivity (Wildman–Crippen MR) is 76.7 cm³/mol. The minimum atomic E-state index is -0.0892. The Balaban J connectivity index is 1.98. The van der Waals surface area contributed by atoms with Gasteiger partial charge in [-0.2, -0.15) is 9.97 Å². The summed E-state index contributed by atoms with van der Waals surface area (Å²) in [6.45, 7) is 0.0812. The Morgan fingerprint density at radius 2 is 2.10 bits per heavy atom. The molecule has 8 nitrogen and oxygen atoms in total. The number of nitrogens with one attached hydrogen (secondary N) is 1. The van der Waals surface area contributed by atoms with E-state index < -0.39 is 0 Å². The number of carbonyl (C=O) groups is 1. The Labute approximate surface area is 124 Å². The Bertz CT molecular complexity index is 802. The van der Waals surface area contributed by atoms with Crippen LogP contribution in [0.15, 0.2) is 30.9 Å². The van der Waals surface area contributed by atoms with Crippen LogP contribution in [0.2, 0.25) is 5.28 Å². The smallest absolute Gasteiger partial charge is 0.226 e. The van der Waals surface area contributed by atoms with E-state index >= 15 is 0 Å². The van der Waals surface area contributed by atoms with Crippen LogP contribution in [0.1, 0.15) is 10.4 Å². The molecule has 0 saturated heterocycles. The Kier molecular flexibility index (Phi) is 3.46. The van der Waals surface area contributed by atoms with Gasteiger partial charge in [-0.1, -0.05) is 0 Å². The number of hydrazine groups is 1. The molecule has 0 spiro atoms. The van der Waals surface area contributed by atoms with E-state index in [2.05, 4.69) is 25.4 Å². The minimum absolute atomic E-state index is 0.0218. The molecule has 0 aliphatic carbocycles. The van der Waals surface area contributed by atoms with Gasteiger partial charge in [-0.3, -0.25) is 9.78 Å². The SMILES string of the molecule is NNc1nc(Cl)nc2c1ncn2CC(=O)c1ccncc1. The highest BCUT2D eigenvalue weighted by molar-refractivity contribution is 6.28. The van der Waals surface area contributed by atoms with Crippen LogP contribution in [0.5, 0.6) is 0 Å². The first-order valence-corrected chi connectivity index (χ1v) is 6.35. The quantitative estimate of drug-likeness (QED) is 0.320. The third kappa shape index (κ3) is 2.54. The zero-order chi connectivity index (χ0) is 14.8. The highest BCUT2D eigenvalue weighted by atomic mass is 35.5. The largest absolute Gasteiger partial charge is 0.307 e. The Morgan fingerprint density at radius 3 is 2.81 bits per heavy atom. The van der Waals surface area contributed by atoms with Gasteiger partial charge in [-0.05, 0) is 23.7 Å². The molecule has 0 radical (unpaired) electrons. The highest BCUT2D eigenvalue weighted by Crippen LogP contribution is 2.20. The van der Waals surface area contributed by atoms with Crippen molar-refractivity contribution in [3.05, 3.63) is 41.7 Å². The average molecular weight is 304 g/mol. The standard InChI is InChI=1S/C12H10ClN7O/c13-12-17-10(19-14)9-11(18-12)20(6-16-9)5-8(21)7-1-3-15-4-2-7/h1-4,6H,5,14H2,(H,17,18,19). The molecule has 0 amide bonds. The van der Waals surface area contributed by atoms with Crippen LogP contribution in [0.4, 0.5) is 5.82 Å². The molecular weight excluding hydrogens is 294 g/mol. The van der Waals surface area contributed by atoms with Gasteiger partial charge in [0, 0.05) is 18.0 Å². The first kappa shape index (κ1) is 13.4. The van der Waals surface area contributed by atoms with Crippen molar-refractivity contribution >= 4 is 34.4 Å². The normalized spacial score (nSPS) is 10.8. The van der Waals surface area contributed by atoms with Crippen molar-refractivity contribution in [1.29, 1.82) is 0 Å². The topological polar surface area (TPSA) is 112 Å². The molecule has 0 aliphatic heterocycles. The molecule has 9 heteroatoms. The van der Waals surface area contributed by atoms with Crippen molar-refractivity contribution in [3.8, 4) is 0 Å². The molecule has 3 aromatic rings. The summed E-state index contributed by atoms with van der Waals surface area (Å²) >= 11 is 5.83. The molecule has 3 heterocycles. The third-order valence-electron chi connectivity index (χ3n) is 2.89. The summed E-state index contributed by atoms with van der Waals surface area (Å²) in [6.07, 6.45) is 4.62. The van der Waals surface area contributed by atoms with E-state index in [0.717, 1.165) is 0 Å². The number of fused-ring (bicyclic) bond motifs is 1. The van der Waals surface area contributed by atoms with E-state index in [1.54, 1.807) is 29.1 Å². The minimum Gasteiger partial charge on any atom is -0.307 e. The molecule has 21 heavy (non-hydrogen) atoms. The van der Waals surface area contributed by atoms with E-state index in [-0.39, 0.29) is 17.6 Å². The maximum absolute atomic E-state index is 12.2. The van der Waals surface area contributed by atoms with Gasteiger partial charge in [0.15, 0.2) is 22.8 Å². The van der Waals surface area contributed by atoms with Gasteiger partial charge in [0.1, 0.15) is 0 Å². The molecule has 0 bridgehead atoms. The van der Waals surface area contributed by atoms with Gasteiger partial charge in [0.05, 0.1) is 12.9 Å². The molecule has 3 aromatic heterocycles. The number of hydrogen-bond donors (Lipinski definition) is 2. The maximum atomic E-state index is 12.2. The number of nitrogens with zero attached hydrogens (tertiary/aromatic N) is 5. The summed E-state index contributed by atoms with van der Waals surface area (Å²) in [6, 6.07) is 3.30. The predicted octanol–water partition coefficient (Wildman–Crippen LogP) is 1.04. The average Bonchev–Trinajstić information content (AvgIpc) is 2.90. The van der Waals surface area contributed by atoms with Crippen LogP contribution in [-0.4, -0.2) is 30.3 Å². The first-order chi connectivity index (χ1) is 10.2. The van der Waals surface area contributed by atoms with Crippen LogP contribution in [0, 0.1) is 0 Å². The fraction of sp³-hybridized carbons (Fsp3) is 0.0833. The molecule has 0 unspecified atom stereocenters. The van der Waals surface area contributed by atoms with E-state index in [1.165, 1.54) is 6.33 Å². The Morgan fingerprint density at radius 1 is 1.33 bits per heavy atom.